The van der Waals surface area contributed by atoms with Gasteiger partial charge >= 0.3 is 0 Å². The molecule has 1 aliphatic heterocycles. The zero-order chi connectivity index (χ0) is 22.0. The molecule has 0 radical (unpaired) electrons. The third-order valence-corrected chi connectivity index (χ3v) is 6.72. The van der Waals surface area contributed by atoms with Crippen LogP contribution in [-0.4, -0.2) is 47.7 Å². The lowest BCUT2D eigenvalue weighted by molar-refractivity contribution is 0.0747. The van der Waals surface area contributed by atoms with E-state index in [4.69, 9.17) is 16.6 Å². The van der Waals surface area contributed by atoms with Crippen molar-refractivity contribution in [1.82, 2.24) is 9.88 Å². The monoisotopic (exact) mass is 455 g/mol. The number of thiazole rings is 1. The van der Waals surface area contributed by atoms with Crippen molar-refractivity contribution in [3.63, 3.8) is 0 Å². The van der Waals surface area contributed by atoms with Gasteiger partial charge in [-0.2, -0.15) is 5.10 Å². The van der Waals surface area contributed by atoms with Gasteiger partial charge in [-0.15, -0.1) is 0 Å². The summed E-state index contributed by atoms with van der Waals surface area (Å²) in [5, 5.41) is 5.79. The maximum absolute atomic E-state index is 12.9. The first-order chi connectivity index (χ1) is 15.0. The van der Waals surface area contributed by atoms with Crippen LogP contribution in [0, 0.1) is 6.92 Å². The summed E-state index contributed by atoms with van der Waals surface area (Å²) in [4.78, 5) is 21.8. The maximum atomic E-state index is 12.9. The molecule has 2 heterocycles. The molecule has 4 rings (SSSR count). The highest BCUT2D eigenvalue weighted by Gasteiger charge is 2.25. The molecule has 8 heteroatoms. The van der Waals surface area contributed by atoms with Gasteiger partial charge in [-0.1, -0.05) is 47.6 Å². The Bertz CT molecular complexity index is 1130. The van der Waals surface area contributed by atoms with Gasteiger partial charge in [0.1, 0.15) is 5.52 Å². The highest BCUT2D eigenvalue weighted by Crippen LogP contribution is 2.38. The van der Waals surface area contributed by atoms with E-state index in [1.54, 1.807) is 11.3 Å². The SMILES string of the molecule is CC/C(C)=N/Nc1nc2c(N3CCN(C(=O)c4cccc(C)c4)CC3)c(Cl)ccc2s1. The van der Waals surface area contributed by atoms with Crippen molar-refractivity contribution in [3.8, 4) is 0 Å². The third-order valence-electron chi connectivity index (χ3n) is 5.49. The molecule has 1 N–H and O–H groups in total. The van der Waals surface area contributed by atoms with Crippen molar-refractivity contribution in [3.05, 3.63) is 52.5 Å². The van der Waals surface area contributed by atoms with E-state index >= 15 is 0 Å². The van der Waals surface area contributed by atoms with E-state index in [9.17, 15) is 4.79 Å². The molecule has 31 heavy (non-hydrogen) atoms. The predicted octanol–water partition coefficient (Wildman–Crippen LogP) is 5.42. The van der Waals surface area contributed by atoms with Crippen molar-refractivity contribution >= 4 is 55.6 Å². The van der Waals surface area contributed by atoms with E-state index in [2.05, 4.69) is 22.4 Å². The zero-order valence-electron chi connectivity index (χ0n) is 18.0. The number of anilines is 2. The Morgan fingerprint density at radius 1 is 1.23 bits per heavy atom. The molecule has 0 aliphatic carbocycles. The molecular formula is C23H26ClN5OS. The summed E-state index contributed by atoms with van der Waals surface area (Å²) < 4.78 is 1.06. The molecule has 6 nitrogen and oxygen atoms in total. The Kier molecular flexibility index (Phi) is 6.43. The lowest BCUT2D eigenvalue weighted by atomic mass is 10.1. The summed E-state index contributed by atoms with van der Waals surface area (Å²) in [5.74, 6) is 0.0805. The Hall–Kier alpha value is -2.64. The fourth-order valence-corrected chi connectivity index (χ4v) is 4.70. The molecule has 0 atom stereocenters. The van der Waals surface area contributed by atoms with Crippen LogP contribution in [0.15, 0.2) is 41.5 Å². The number of aromatic nitrogens is 1. The number of hydrazone groups is 1. The van der Waals surface area contributed by atoms with Crippen LogP contribution in [-0.2, 0) is 0 Å². The molecule has 0 saturated carbocycles. The van der Waals surface area contributed by atoms with Crippen molar-refractivity contribution < 1.29 is 4.79 Å². The number of aryl methyl sites for hydroxylation is 1. The van der Waals surface area contributed by atoms with E-state index in [0.29, 0.717) is 31.2 Å². The first-order valence-corrected chi connectivity index (χ1v) is 11.6. The summed E-state index contributed by atoms with van der Waals surface area (Å²) in [6.07, 6.45) is 0.889. The third kappa shape index (κ3) is 4.67. The molecule has 0 unspecified atom stereocenters. The summed E-state index contributed by atoms with van der Waals surface area (Å²) in [6, 6.07) is 11.7. The number of piperazine rings is 1. The standard InChI is InChI=1S/C23H26ClN5OS/c1-4-16(3)26-27-23-25-20-19(31-23)9-8-18(24)21(20)28-10-12-29(13-11-28)22(30)17-7-5-6-15(2)14-17/h5-9,14H,4,10-13H2,1-3H3,(H,25,27)/b26-16+. The molecule has 0 spiro atoms. The fourth-order valence-electron chi connectivity index (χ4n) is 3.62. The van der Waals surface area contributed by atoms with Gasteiger partial charge in [0.2, 0.25) is 5.13 Å². The molecule has 162 valence electrons. The Morgan fingerprint density at radius 3 is 2.71 bits per heavy atom. The second-order valence-corrected chi connectivity index (χ2v) is 9.16. The van der Waals surface area contributed by atoms with E-state index in [1.807, 2.05) is 55.1 Å². The lowest BCUT2D eigenvalue weighted by Crippen LogP contribution is -2.49. The van der Waals surface area contributed by atoms with Crippen LogP contribution < -0.4 is 10.3 Å². The second-order valence-electron chi connectivity index (χ2n) is 7.72. The van der Waals surface area contributed by atoms with Crippen LogP contribution >= 0.6 is 22.9 Å². The Balaban J connectivity index is 1.52. The molecule has 3 aromatic rings. The molecule has 1 fully saturated rings. The van der Waals surface area contributed by atoms with Crippen LogP contribution in [0.2, 0.25) is 5.02 Å². The van der Waals surface area contributed by atoms with Crippen LogP contribution in [0.4, 0.5) is 10.8 Å². The highest BCUT2D eigenvalue weighted by molar-refractivity contribution is 7.22. The van der Waals surface area contributed by atoms with E-state index < -0.39 is 0 Å². The van der Waals surface area contributed by atoms with E-state index in [-0.39, 0.29) is 5.91 Å². The largest absolute Gasteiger partial charge is 0.365 e. The van der Waals surface area contributed by atoms with Gasteiger partial charge in [-0.05, 0) is 44.5 Å². The van der Waals surface area contributed by atoms with E-state index in [0.717, 1.165) is 44.3 Å². The van der Waals surface area contributed by atoms with Crippen molar-refractivity contribution in [2.24, 2.45) is 5.10 Å². The van der Waals surface area contributed by atoms with Crippen LogP contribution in [0.1, 0.15) is 36.2 Å². The summed E-state index contributed by atoms with van der Waals surface area (Å²) in [7, 11) is 0. The van der Waals surface area contributed by atoms with Crippen molar-refractivity contribution in [2.45, 2.75) is 27.2 Å². The fraction of sp³-hybridized carbons (Fsp3) is 0.348. The number of nitrogens with one attached hydrogen (secondary N) is 1. The maximum Gasteiger partial charge on any atom is 0.253 e. The molecule has 0 bridgehead atoms. The van der Waals surface area contributed by atoms with Gasteiger partial charge < -0.3 is 9.80 Å². The average Bonchev–Trinajstić information content (AvgIpc) is 3.20. The van der Waals surface area contributed by atoms with Crippen molar-refractivity contribution in [1.29, 1.82) is 0 Å². The molecule has 1 aromatic heterocycles. The van der Waals surface area contributed by atoms with Gasteiger partial charge in [0.25, 0.3) is 5.91 Å². The highest BCUT2D eigenvalue weighted by atomic mass is 35.5. The predicted molar refractivity (Wildman–Crippen MR) is 131 cm³/mol. The van der Waals surface area contributed by atoms with Crippen LogP contribution in [0.25, 0.3) is 10.2 Å². The van der Waals surface area contributed by atoms with Gasteiger partial charge in [0.05, 0.1) is 15.4 Å². The average molecular weight is 456 g/mol. The normalized spacial score (nSPS) is 14.9. The number of fused-ring (bicyclic) bond motifs is 1. The van der Waals surface area contributed by atoms with Gasteiger partial charge in [0.15, 0.2) is 0 Å². The Labute approximate surface area is 191 Å². The smallest absolute Gasteiger partial charge is 0.253 e. The minimum Gasteiger partial charge on any atom is -0.365 e. The number of nitrogens with zero attached hydrogens (tertiary/aromatic N) is 4. The molecule has 1 aliphatic rings. The second kappa shape index (κ2) is 9.24. The number of amides is 1. The minimum atomic E-state index is 0.0805. The zero-order valence-corrected chi connectivity index (χ0v) is 19.6. The van der Waals surface area contributed by atoms with Gasteiger partial charge in [0, 0.05) is 37.5 Å². The Morgan fingerprint density at radius 2 is 2.00 bits per heavy atom. The number of carbonyl (C=O) groups excluding carboxylic acids is 1. The number of benzene rings is 2. The molecule has 1 amide bonds. The van der Waals surface area contributed by atoms with Crippen LogP contribution in [0.3, 0.4) is 0 Å². The first kappa shape index (κ1) is 21.6. The van der Waals surface area contributed by atoms with Crippen LogP contribution in [0.5, 0.6) is 0 Å². The number of hydrogen-bond acceptors (Lipinski definition) is 6. The lowest BCUT2D eigenvalue weighted by Gasteiger charge is -2.36. The molecule has 2 aromatic carbocycles. The summed E-state index contributed by atoms with van der Waals surface area (Å²) in [5.41, 5.74) is 7.72. The number of halogens is 1. The summed E-state index contributed by atoms with van der Waals surface area (Å²) >= 11 is 8.16. The quantitative estimate of drug-likeness (QED) is 0.412. The van der Waals surface area contributed by atoms with E-state index in [1.165, 1.54) is 0 Å². The van der Waals surface area contributed by atoms with Crippen molar-refractivity contribution in [2.75, 3.05) is 36.5 Å². The number of rotatable bonds is 5. The minimum absolute atomic E-state index is 0.0805. The van der Waals surface area contributed by atoms with Gasteiger partial charge in [-0.25, -0.2) is 4.98 Å². The first-order valence-electron chi connectivity index (χ1n) is 10.5. The van der Waals surface area contributed by atoms with Gasteiger partial charge in [-0.3, -0.25) is 10.2 Å². The number of carbonyl (C=O) groups is 1. The molecular weight excluding hydrogens is 430 g/mol. The topological polar surface area (TPSA) is 60.8 Å². The summed E-state index contributed by atoms with van der Waals surface area (Å²) in [6.45, 7) is 8.78. The molecule has 1 saturated heterocycles. The number of hydrogen-bond donors (Lipinski definition) is 1.